The fourth-order valence-electron chi connectivity index (χ4n) is 2.14. The molecule has 1 saturated carbocycles. The van der Waals surface area contributed by atoms with Crippen molar-refractivity contribution in [2.24, 2.45) is 0 Å². The molecular weight excluding hydrogens is 308 g/mol. The summed E-state index contributed by atoms with van der Waals surface area (Å²) in [5.41, 5.74) is 1.34. The van der Waals surface area contributed by atoms with E-state index < -0.39 is 0 Å². The summed E-state index contributed by atoms with van der Waals surface area (Å²) in [5.74, 6) is 1.65. The van der Waals surface area contributed by atoms with Crippen LogP contribution in [0.25, 0.3) is 0 Å². The zero-order chi connectivity index (χ0) is 13.9. The minimum absolute atomic E-state index is 0.722. The highest BCUT2D eigenvalue weighted by Gasteiger charge is 2.29. The molecular formula is C15H17ClN2S2. The van der Waals surface area contributed by atoms with Gasteiger partial charge in [0.1, 0.15) is 5.01 Å². The van der Waals surface area contributed by atoms with Crippen molar-refractivity contribution in [2.45, 2.75) is 36.0 Å². The lowest BCUT2D eigenvalue weighted by Crippen LogP contribution is -2.05. The summed E-state index contributed by atoms with van der Waals surface area (Å²) >= 11 is 9.66. The fourth-order valence-corrected chi connectivity index (χ4v) is 4.51. The first-order valence-corrected chi connectivity index (χ1v) is 8.95. The molecule has 1 aromatic heterocycles. The first-order valence-electron chi connectivity index (χ1n) is 6.77. The van der Waals surface area contributed by atoms with E-state index in [2.05, 4.69) is 11.4 Å². The van der Waals surface area contributed by atoms with E-state index in [0.29, 0.717) is 0 Å². The molecule has 0 atom stereocenters. The number of halogens is 1. The summed E-state index contributed by atoms with van der Waals surface area (Å²) < 4.78 is 0. The normalized spacial score (nSPS) is 14.7. The molecule has 1 aromatic carbocycles. The molecule has 1 N–H and O–H groups in total. The highest BCUT2D eigenvalue weighted by molar-refractivity contribution is 7.98. The molecule has 0 saturated heterocycles. The summed E-state index contributed by atoms with van der Waals surface area (Å²) in [7, 11) is 2.00. The summed E-state index contributed by atoms with van der Waals surface area (Å²) in [4.78, 5) is 7.47. The van der Waals surface area contributed by atoms with E-state index in [1.165, 1.54) is 33.3 Å². The van der Waals surface area contributed by atoms with E-state index in [-0.39, 0.29) is 0 Å². The molecule has 0 spiro atoms. The van der Waals surface area contributed by atoms with Crippen molar-refractivity contribution in [1.82, 2.24) is 10.3 Å². The van der Waals surface area contributed by atoms with Crippen molar-refractivity contribution in [1.29, 1.82) is 0 Å². The monoisotopic (exact) mass is 324 g/mol. The van der Waals surface area contributed by atoms with E-state index >= 15 is 0 Å². The number of aromatic nitrogens is 1. The predicted octanol–water partition coefficient (Wildman–Crippen LogP) is 4.69. The number of thioether (sulfide) groups is 1. The summed E-state index contributed by atoms with van der Waals surface area (Å²) in [6.45, 7) is 0.936. The van der Waals surface area contributed by atoms with E-state index in [0.717, 1.165) is 23.2 Å². The Morgan fingerprint density at radius 3 is 3.00 bits per heavy atom. The van der Waals surface area contributed by atoms with Crippen LogP contribution in [0.3, 0.4) is 0 Å². The molecule has 1 aliphatic rings. The SMILES string of the molecule is CNCc1sc(CSc2cccc(Cl)c2)nc1C1CC1. The third-order valence-electron chi connectivity index (χ3n) is 3.23. The first-order chi connectivity index (χ1) is 9.76. The Balaban J connectivity index is 1.69. The summed E-state index contributed by atoms with van der Waals surface area (Å²) in [6, 6.07) is 8.01. The van der Waals surface area contributed by atoms with Crippen molar-refractivity contribution in [3.05, 3.63) is 44.9 Å². The van der Waals surface area contributed by atoms with Crippen LogP contribution in [-0.2, 0) is 12.3 Å². The smallest absolute Gasteiger partial charge is 0.103 e. The predicted molar refractivity (Wildman–Crippen MR) is 87.9 cm³/mol. The number of nitrogens with one attached hydrogen (secondary N) is 1. The van der Waals surface area contributed by atoms with Gasteiger partial charge in [0.25, 0.3) is 0 Å². The zero-order valence-electron chi connectivity index (χ0n) is 11.4. The molecule has 2 nitrogen and oxygen atoms in total. The Hall–Kier alpha value is -0.550. The van der Waals surface area contributed by atoms with Crippen molar-refractivity contribution in [3.8, 4) is 0 Å². The van der Waals surface area contributed by atoms with Gasteiger partial charge < -0.3 is 5.32 Å². The van der Waals surface area contributed by atoms with Gasteiger partial charge in [-0.15, -0.1) is 23.1 Å². The van der Waals surface area contributed by atoms with Gasteiger partial charge in [-0.2, -0.15) is 0 Å². The Kier molecular flexibility index (Phi) is 4.66. The topological polar surface area (TPSA) is 24.9 Å². The lowest BCUT2D eigenvalue weighted by Gasteiger charge is -1.99. The van der Waals surface area contributed by atoms with E-state index in [1.807, 2.05) is 36.6 Å². The standard InChI is InChI=1S/C15H17ClN2S2/c1-17-8-13-15(10-5-6-10)18-14(20-13)9-19-12-4-2-3-11(16)7-12/h2-4,7,10,17H,5-6,8-9H2,1H3. The second-order valence-corrected chi connectivity index (χ2v) is 7.62. The Morgan fingerprint density at radius 2 is 2.30 bits per heavy atom. The average molecular weight is 325 g/mol. The van der Waals surface area contributed by atoms with Gasteiger partial charge in [-0.3, -0.25) is 0 Å². The lowest BCUT2D eigenvalue weighted by atomic mass is 10.2. The molecule has 3 rings (SSSR count). The molecule has 0 amide bonds. The van der Waals surface area contributed by atoms with Crippen LogP contribution in [0.2, 0.25) is 5.02 Å². The maximum atomic E-state index is 6.01. The van der Waals surface area contributed by atoms with Crippen LogP contribution in [0.15, 0.2) is 29.2 Å². The molecule has 1 fully saturated rings. The molecule has 20 heavy (non-hydrogen) atoms. The van der Waals surface area contributed by atoms with Gasteiger partial charge in [-0.25, -0.2) is 4.98 Å². The Morgan fingerprint density at radius 1 is 1.45 bits per heavy atom. The minimum atomic E-state index is 0.722. The third kappa shape index (κ3) is 3.55. The van der Waals surface area contributed by atoms with Gasteiger partial charge in [0.05, 0.1) is 11.4 Å². The van der Waals surface area contributed by atoms with Crippen LogP contribution < -0.4 is 5.32 Å². The van der Waals surface area contributed by atoms with E-state index in [9.17, 15) is 0 Å². The fraction of sp³-hybridized carbons (Fsp3) is 0.400. The van der Waals surface area contributed by atoms with Gasteiger partial charge in [0.2, 0.25) is 0 Å². The summed E-state index contributed by atoms with van der Waals surface area (Å²) in [5, 5.41) is 5.27. The van der Waals surface area contributed by atoms with Crippen molar-refractivity contribution in [2.75, 3.05) is 7.05 Å². The second-order valence-electron chi connectivity index (χ2n) is 4.97. The summed E-state index contributed by atoms with van der Waals surface area (Å²) in [6.07, 6.45) is 2.61. The third-order valence-corrected chi connectivity index (χ3v) is 5.73. The highest BCUT2D eigenvalue weighted by Crippen LogP contribution is 2.43. The molecule has 0 bridgehead atoms. The lowest BCUT2D eigenvalue weighted by molar-refractivity contribution is 0.812. The molecule has 5 heteroatoms. The zero-order valence-corrected chi connectivity index (χ0v) is 13.7. The molecule has 1 heterocycles. The second kappa shape index (κ2) is 6.48. The Bertz CT molecular complexity index is 593. The minimum Gasteiger partial charge on any atom is -0.315 e. The number of rotatable bonds is 6. The number of nitrogens with zero attached hydrogens (tertiary/aromatic N) is 1. The van der Waals surface area contributed by atoms with Gasteiger partial charge in [-0.1, -0.05) is 17.7 Å². The van der Waals surface area contributed by atoms with Crippen LogP contribution in [0.4, 0.5) is 0 Å². The van der Waals surface area contributed by atoms with Gasteiger partial charge in [0, 0.05) is 27.3 Å². The van der Waals surface area contributed by atoms with Crippen molar-refractivity contribution >= 4 is 34.7 Å². The van der Waals surface area contributed by atoms with Crippen molar-refractivity contribution in [3.63, 3.8) is 0 Å². The first kappa shape index (κ1) is 14.4. The average Bonchev–Trinajstić information content (AvgIpc) is 3.20. The van der Waals surface area contributed by atoms with Gasteiger partial charge in [0.15, 0.2) is 0 Å². The van der Waals surface area contributed by atoms with Crippen molar-refractivity contribution < 1.29 is 0 Å². The number of benzene rings is 1. The maximum Gasteiger partial charge on any atom is 0.103 e. The van der Waals surface area contributed by atoms with Gasteiger partial charge >= 0.3 is 0 Å². The molecule has 1 aliphatic carbocycles. The maximum absolute atomic E-state index is 6.01. The van der Waals surface area contributed by atoms with Crippen LogP contribution in [-0.4, -0.2) is 12.0 Å². The van der Waals surface area contributed by atoms with E-state index in [1.54, 1.807) is 11.8 Å². The Labute approximate surface area is 133 Å². The highest BCUT2D eigenvalue weighted by atomic mass is 35.5. The quantitative estimate of drug-likeness (QED) is 0.780. The van der Waals surface area contributed by atoms with Crippen LogP contribution in [0.1, 0.15) is 34.3 Å². The molecule has 0 unspecified atom stereocenters. The van der Waals surface area contributed by atoms with Crippen LogP contribution >= 0.6 is 34.7 Å². The molecule has 106 valence electrons. The van der Waals surface area contributed by atoms with Crippen LogP contribution in [0.5, 0.6) is 0 Å². The van der Waals surface area contributed by atoms with Crippen LogP contribution in [0, 0.1) is 0 Å². The number of thiazole rings is 1. The molecule has 0 radical (unpaired) electrons. The largest absolute Gasteiger partial charge is 0.315 e. The van der Waals surface area contributed by atoms with Gasteiger partial charge in [-0.05, 0) is 38.1 Å². The van der Waals surface area contributed by atoms with E-state index in [4.69, 9.17) is 16.6 Å². The molecule has 2 aromatic rings. The number of hydrogen-bond acceptors (Lipinski definition) is 4. The molecule has 0 aliphatic heterocycles. The number of hydrogen-bond donors (Lipinski definition) is 1.